The molecule has 1 aliphatic heterocycles. The van der Waals surface area contributed by atoms with Crippen molar-refractivity contribution in [2.24, 2.45) is 0 Å². The standard InChI is InChI=1S/C31H38N8O2/c1-7-31(40)36-25-13-26(29(41-9-3)15-28(25)38-17-20(4)37(6)21(5)18-38)35-30-14-24(32-19-33-30)22-10-11-27-23(12-22)16-34-39(27)8-2/h7,10-16,19-21H,1,8-9,17-18H2,2-6H3,(H,36,40)(H,32,33,35)/t20-,21+. The van der Waals surface area contributed by atoms with Gasteiger partial charge in [0.05, 0.1) is 41.1 Å². The van der Waals surface area contributed by atoms with Crippen LogP contribution in [0.3, 0.4) is 0 Å². The number of hydrogen-bond donors (Lipinski definition) is 2. The maximum absolute atomic E-state index is 12.5. The number of fused-ring (bicyclic) bond motifs is 1. The third-order valence-electron chi connectivity index (χ3n) is 7.71. The lowest BCUT2D eigenvalue weighted by Crippen LogP contribution is -2.55. The van der Waals surface area contributed by atoms with Crippen LogP contribution in [0.5, 0.6) is 5.75 Å². The minimum absolute atomic E-state index is 0.275. The van der Waals surface area contributed by atoms with Gasteiger partial charge < -0.3 is 20.3 Å². The quantitative estimate of drug-likeness (QED) is 0.269. The molecular weight excluding hydrogens is 516 g/mol. The number of rotatable bonds is 9. The van der Waals surface area contributed by atoms with E-state index in [2.05, 4.69) is 82.0 Å². The zero-order valence-electron chi connectivity index (χ0n) is 24.4. The lowest BCUT2D eigenvalue weighted by molar-refractivity contribution is -0.111. The highest BCUT2D eigenvalue weighted by molar-refractivity contribution is 6.02. The van der Waals surface area contributed by atoms with E-state index in [4.69, 9.17) is 4.74 Å². The first-order valence-electron chi connectivity index (χ1n) is 14.1. The van der Waals surface area contributed by atoms with Crippen LogP contribution in [0.2, 0.25) is 0 Å². The summed E-state index contributed by atoms with van der Waals surface area (Å²) in [6.45, 7) is 15.0. The van der Waals surface area contributed by atoms with Gasteiger partial charge in [0.25, 0.3) is 0 Å². The Kier molecular flexibility index (Phi) is 8.21. The minimum Gasteiger partial charge on any atom is -0.492 e. The maximum atomic E-state index is 12.5. The second-order valence-electron chi connectivity index (χ2n) is 10.4. The molecule has 0 spiro atoms. The van der Waals surface area contributed by atoms with Crippen LogP contribution in [0, 0.1) is 0 Å². The molecule has 4 aromatic rings. The van der Waals surface area contributed by atoms with Crippen molar-refractivity contribution < 1.29 is 9.53 Å². The first kappa shape index (κ1) is 28.1. The summed E-state index contributed by atoms with van der Waals surface area (Å²) in [6, 6.07) is 12.7. The summed E-state index contributed by atoms with van der Waals surface area (Å²) in [7, 11) is 2.15. The van der Waals surface area contributed by atoms with E-state index in [9.17, 15) is 4.79 Å². The van der Waals surface area contributed by atoms with Gasteiger partial charge in [-0.1, -0.05) is 12.6 Å². The molecule has 10 heteroatoms. The fourth-order valence-electron chi connectivity index (χ4n) is 5.31. The number of nitrogens with zero attached hydrogens (tertiary/aromatic N) is 6. The molecule has 2 N–H and O–H groups in total. The van der Waals surface area contributed by atoms with Crippen LogP contribution in [0.4, 0.5) is 22.9 Å². The Labute approximate surface area is 241 Å². The molecule has 2 atom stereocenters. The predicted molar refractivity (Wildman–Crippen MR) is 165 cm³/mol. The Morgan fingerprint density at radius 2 is 1.88 bits per heavy atom. The maximum Gasteiger partial charge on any atom is 0.247 e. The molecule has 3 heterocycles. The van der Waals surface area contributed by atoms with Crippen molar-refractivity contribution in [3.05, 3.63) is 61.6 Å². The summed E-state index contributed by atoms with van der Waals surface area (Å²) in [5, 5.41) is 11.9. The molecule has 1 fully saturated rings. The molecule has 2 aromatic carbocycles. The summed E-state index contributed by atoms with van der Waals surface area (Å²) in [5.41, 5.74) is 5.11. The molecule has 0 radical (unpaired) electrons. The second-order valence-corrected chi connectivity index (χ2v) is 10.4. The van der Waals surface area contributed by atoms with Crippen LogP contribution in [-0.4, -0.2) is 69.4 Å². The van der Waals surface area contributed by atoms with Crippen LogP contribution in [0.25, 0.3) is 22.2 Å². The highest BCUT2D eigenvalue weighted by Crippen LogP contribution is 2.40. The van der Waals surface area contributed by atoms with Gasteiger partial charge in [-0.05, 0) is 59.0 Å². The summed E-state index contributed by atoms with van der Waals surface area (Å²) < 4.78 is 8.06. The molecule has 0 aliphatic carbocycles. The molecule has 0 unspecified atom stereocenters. The van der Waals surface area contributed by atoms with E-state index in [1.807, 2.05) is 42.1 Å². The van der Waals surface area contributed by atoms with E-state index >= 15 is 0 Å². The molecule has 0 bridgehead atoms. The molecule has 2 aromatic heterocycles. The van der Waals surface area contributed by atoms with Gasteiger partial charge in [-0.3, -0.25) is 14.4 Å². The van der Waals surface area contributed by atoms with Gasteiger partial charge in [-0.15, -0.1) is 0 Å². The molecule has 10 nitrogen and oxygen atoms in total. The van der Waals surface area contributed by atoms with Crippen LogP contribution in [0.15, 0.2) is 61.6 Å². The summed E-state index contributed by atoms with van der Waals surface area (Å²) in [5.74, 6) is 1.01. The Bertz CT molecular complexity index is 1550. The number of aryl methyl sites for hydroxylation is 1. The van der Waals surface area contributed by atoms with Gasteiger partial charge >= 0.3 is 0 Å². The lowest BCUT2D eigenvalue weighted by Gasteiger charge is -2.44. The average Bonchev–Trinajstić information content (AvgIpc) is 3.39. The fraction of sp³-hybridized carbons (Fsp3) is 0.355. The number of benzene rings is 2. The number of carbonyl (C=O) groups excluding carboxylic acids is 1. The van der Waals surface area contributed by atoms with Gasteiger partial charge in [0.1, 0.15) is 17.9 Å². The van der Waals surface area contributed by atoms with E-state index < -0.39 is 0 Å². The normalized spacial score (nSPS) is 17.4. The van der Waals surface area contributed by atoms with Crippen molar-refractivity contribution in [2.45, 2.75) is 46.3 Å². The molecular formula is C31H38N8O2. The zero-order chi connectivity index (χ0) is 29.1. The molecule has 5 rings (SSSR count). The van der Waals surface area contributed by atoms with Crippen molar-refractivity contribution in [2.75, 3.05) is 42.3 Å². The molecule has 41 heavy (non-hydrogen) atoms. The molecule has 1 amide bonds. The highest BCUT2D eigenvalue weighted by atomic mass is 16.5. The third kappa shape index (κ3) is 5.88. The smallest absolute Gasteiger partial charge is 0.247 e. The van der Waals surface area contributed by atoms with E-state index in [-0.39, 0.29) is 5.91 Å². The van der Waals surface area contributed by atoms with Crippen molar-refractivity contribution in [3.63, 3.8) is 0 Å². The van der Waals surface area contributed by atoms with Gasteiger partial charge in [0.15, 0.2) is 0 Å². The summed E-state index contributed by atoms with van der Waals surface area (Å²) >= 11 is 0. The number of piperazine rings is 1. The predicted octanol–water partition coefficient (Wildman–Crippen LogP) is 5.31. The van der Waals surface area contributed by atoms with Gasteiger partial charge in [-0.2, -0.15) is 5.10 Å². The number of likely N-dealkylation sites (N-methyl/N-ethyl adjacent to an activating group) is 1. The number of anilines is 4. The molecule has 1 aliphatic rings. The van der Waals surface area contributed by atoms with E-state index in [0.29, 0.717) is 41.6 Å². The van der Waals surface area contributed by atoms with Crippen LogP contribution < -0.4 is 20.3 Å². The van der Waals surface area contributed by atoms with Crippen molar-refractivity contribution in [1.82, 2.24) is 24.6 Å². The Balaban J connectivity index is 1.50. The van der Waals surface area contributed by atoms with Gasteiger partial charge in [0.2, 0.25) is 5.91 Å². The molecule has 214 valence electrons. The Morgan fingerprint density at radius 3 is 2.59 bits per heavy atom. The van der Waals surface area contributed by atoms with E-state index in [1.165, 1.54) is 6.08 Å². The van der Waals surface area contributed by atoms with Crippen LogP contribution >= 0.6 is 0 Å². The number of hydrogen-bond acceptors (Lipinski definition) is 8. The first-order chi connectivity index (χ1) is 19.8. The highest BCUT2D eigenvalue weighted by Gasteiger charge is 2.29. The Morgan fingerprint density at radius 1 is 1.10 bits per heavy atom. The number of nitrogens with one attached hydrogen (secondary N) is 2. The van der Waals surface area contributed by atoms with Gasteiger partial charge in [0, 0.05) is 54.8 Å². The fourth-order valence-corrected chi connectivity index (χ4v) is 5.31. The summed E-state index contributed by atoms with van der Waals surface area (Å²) in [4.78, 5) is 26.1. The number of ether oxygens (including phenoxy) is 1. The van der Waals surface area contributed by atoms with Gasteiger partial charge in [-0.25, -0.2) is 9.97 Å². The topological polar surface area (TPSA) is 100 Å². The number of carbonyl (C=O) groups is 1. The molecule has 0 saturated carbocycles. The van der Waals surface area contributed by atoms with Crippen LogP contribution in [0.1, 0.15) is 27.7 Å². The van der Waals surface area contributed by atoms with E-state index in [0.717, 1.165) is 47.5 Å². The van der Waals surface area contributed by atoms with Crippen molar-refractivity contribution in [3.8, 4) is 17.0 Å². The lowest BCUT2D eigenvalue weighted by atomic mass is 10.1. The third-order valence-corrected chi connectivity index (χ3v) is 7.71. The first-order valence-corrected chi connectivity index (χ1v) is 14.1. The molecule has 1 saturated heterocycles. The largest absolute Gasteiger partial charge is 0.492 e. The average molecular weight is 555 g/mol. The summed E-state index contributed by atoms with van der Waals surface area (Å²) in [6.07, 6.45) is 4.69. The van der Waals surface area contributed by atoms with Crippen molar-refractivity contribution in [1.29, 1.82) is 0 Å². The minimum atomic E-state index is -0.275. The number of aromatic nitrogens is 4. The van der Waals surface area contributed by atoms with E-state index in [1.54, 1.807) is 6.33 Å². The SMILES string of the molecule is C=CC(=O)Nc1cc(Nc2cc(-c3ccc4c(cnn4CC)c3)ncn2)c(OCC)cc1N1C[C@@H](C)N(C)[C@@H](C)C1. The Hall–Kier alpha value is -4.44. The van der Waals surface area contributed by atoms with Crippen LogP contribution in [-0.2, 0) is 11.3 Å². The monoisotopic (exact) mass is 554 g/mol. The zero-order valence-corrected chi connectivity index (χ0v) is 24.4. The van der Waals surface area contributed by atoms with Crippen molar-refractivity contribution >= 4 is 39.7 Å². The second kappa shape index (κ2) is 12.0. The number of amides is 1.